The number of carbonyl (C=O) groups is 1. The van der Waals surface area contributed by atoms with Crippen LogP contribution >= 0.6 is 11.8 Å². The van der Waals surface area contributed by atoms with Gasteiger partial charge in [0.1, 0.15) is 6.04 Å². The van der Waals surface area contributed by atoms with Crippen molar-refractivity contribution in [3.8, 4) is 0 Å². The highest BCUT2D eigenvalue weighted by atomic mass is 32.2. The summed E-state index contributed by atoms with van der Waals surface area (Å²) in [4.78, 5) is 21.9. The Morgan fingerprint density at radius 3 is 2.88 bits per heavy atom. The van der Waals surface area contributed by atoms with Gasteiger partial charge in [0, 0.05) is 23.9 Å². The van der Waals surface area contributed by atoms with E-state index in [1.54, 1.807) is 10.9 Å². The summed E-state index contributed by atoms with van der Waals surface area (Å²) in [6.07, 6.45) is 5.05. The fraction of sp³-hybridized carbons (Fsp3) is 0.412. The number of pyridine rings is 1. The van der Waals surface area contributed by atoms with Gasteiger partial charge in [-0.2, -0.15) is 4.98 Å². The number of fused-ring (bicyclic) bond motifs is 1. The summed E-state index contributed by atoms with van der Waals surface area (Å²) in [5.41, 5.74) is 2.50. The van der Waals surface area contributed by atoms with E-state index in [4.69, 9.17) is 0 Å². The Labute approximate surface area is 144 Å². The highest BCUT2D eigenvalue weighted by Gasteiger charge is 2.42. The van der Waals surface area contributed by atoms with E-state index in [9.17, 15) is 4.79 Å². The number of rotatable bonds is 2. The topological polar surface area (TPSA) is 72.7 Å². The number of thioether (sulfide) groups is 1. The van der Waals surface area contributed by atoms with Crippen LogP contribution in [0.4, 0.5) is 5.95 Å². The molecule has 124 valence electrons. The minimum absolute atomic E-state index is 0.0535. The molecule has 1 aliphatic carbocycles. The number of ketones is 1. The van der Waals surface area contributed by atoms with Gasteiger partial charge in [0.15, 0.2) is 5.78 Å². The van der Waals surface area contributed by atoms with Crippen molar-refractivity contribution < 1.29 is 4.79 Å². The molecule has 0 saturated carbocycles. The van der Waals surface area contributed by atoms with E-state index in [0.29, 0.717) is 17.5 Å². The standard InChI is InChI=1S/C17H19N5OS/c1-17(2)8-11-13(12(23)9-17)14(10-6-4-5-7-18-10)22-15(19-11)20-16(21-22)24-3/h4-7,14H,8-9H2,1-3H3,(H,19,20,21)/t14-/m1/s1. The number of hydrogen-bond donors (Lipinski definition) is 1. The van der Waals surface area contributed by atoms with Gasteiger partial charge in [-0.15, -0.1) is 5.10 Å². The summed E-state index contributed by atoms with van der Waals surface area (Å²) in [5.74, 6) is 0.843. The molecule has 7 heteroatoms. The molecule has 2 aromatic rings. The monoisotopic (exact) mass is 341 g/mol. The summed E-state index contributed by atoms with van der Waals surface area (Å²) in [6, 6.07) is 5.45. The molecule has 1 N–H and O–H groups in total. The molecule has 2 aromatic heterocycles. The zero-order chi connectivity index (χ0) is 16.9. The summed E-state index contributed by atoms with van der Waals surface area (Å²) in [6.45, 7) is 4.25. The molecule has 0 unspecified atom stereocenters. The Balaban J connectivity index is 1.91. The Bertz CT molecular complexity index is 840. The number of anilines is 1. The van der Waals surface area contributed by atoms with Gasteiger partial charge in [-0.25, -0.2) is 4.68 Å². The second-order valence-corrected chi connectivity index (χ2v) is 7.76. The minimum Gasteiger partial charge on any atom is -0.328 e. The number of hydrogen-bond acceptors (Lipinski definition) is 6. The van der Waals surface area contributed by atoms with E-state index in [1.807, 2.05) is 24.5 Å². The molecule has 4 rings (SSSR count). The van der Waals surface area contributed by atoms with Crippen LogP contribution in [0.2, 0.25) is 0 Å². The maximum Gasteiger partial charge on any atom is 0.227 e. The number of allylic oxidation sites excluding steroid dienone is 2. The van der Waals surface area contributed by atoms with Gasteiger partial charge in [0.05, 0.1) is 5.69 Å². The Kier molecular flexibility index (Phi) is 3.49. The van der Waals surface area contributed by atoms with E-state index in [0.717, 1.165) is 23.4 Å². The molecule has 0 bridgehead atoms. The molecular formula is C17H19N5OS. The molecule has 3 heterocycles. The van der Waals surface area contributed by atoms with Crippen LogP contribution in [-0.2, 0) is 4.79 Å². The SMILES string of the molecule is CSc1nc2n(n1)[C@H](c1ccccn1)C1=C(CC(C)(C)CC1=O)N2. The molecule has 24 heavy (non-hydrogen) atoms. The zero-order valence-electron chi connectivity index (χ0n) is 13.9. The molecule has 0 aromatic carbocycles. The quantitative estimate of drug-likeness (QED) is 0.847. The van der Waals surface area contributed by atoms with Crippen molar-refractivity contribution >= 4 is 23.5 Å². The van der Waals surface area contributed by atoms with E-state index in [2.05, 4.69) is 34.2 Å². The molecule has 1 aliphatic heterocycles. The molecule has 0 spiro atoms. The first kappa shape index (κ1) is 15.4. The third-order valence-electron chi connectivity index (χ3n) is 4.46. The fourth-order valence-electron chi connectivity index (χ4n) is 3.49. The number of aromatic nitrogens is 4. The van der Waals surface area contributed by atoms with Gasteiger partial charge in [-0.1, -0.05) is 31.7 Å². The fourth-order valence-corrected chi connectivity index (χ4v) is 3.83. The van der Waals surface area contributed by atoms with Crippen LogP contribution in [-0.4, -0.2) is 31.8 Å². The molecule has 0 saturated heterocycles. The third kappa shape index (κ3) is 2.43. The van der Waals surface area contributed by atoms with Crippen molar-refractivity contribution in [3.05, 3.63) is 41.4 Å². The third-order valence-corrected chi connectivity index (χ3v) is 5.00. The number of carbonyl (C=O) groups excluding carboxylic acids is 1. The van der Waals surface area contributed by atoms with Gasteiger partial charge in [-0.3, -0.25) is 9.78 Å². The Morgan fingerprint density at radius 1 is 1.33 bits per heavy atom. The summed E-state index contributed by atoms with van der Waals surface area (Å²) in [7, 11) is 0. The minimum atomic E-state index is -0.311. The van der Waals surface area contributed by atoms with Gasteiger partial charge in [0.25, 0.3) is 0 Å². The Hall–Kier alpha value is -2.15. The van der Waals surface area contributed by atoms with Gasteiger partial charge in [0.2, 0.25) is 11.1 Å². The lowest BCUT2D eigenvalue weighted by molar-refractivity contribution is -0.118. The van der Waals surface area contributed by atoms with Crippen LogP contribution in [0.5, 0.6) is 0 Å². The van der Waals surface area contributed by atoms with Gasteiger partial charge in [-0.05, 0) is 30.2 Å². The van der Waals surface area contributed by atoms with E-state index >= 15 is 0 Å². The predicted molar refractivity (Wildman–Crippen MR) is 92.8 cm³/mol. The van der Waals surface area contributed by atoms with Crippen molar-refractivity contribution in [1.82, 2.24) is 19.7 Å². The lowest BCUT2D eigenvalue weighted by atomic mass is 9.73. The van der Waals surface area contributed by atoms with Crippen LogP contribution in [0, 0.1) is 5.41 Å². The second-order valence-electron chi connectivity index (χ2n) is 6.98. The van der Waals surface area contributed by atoms with Crippen LogP contribution in [0.15, 0.2) is 40.8 Å². The second kappa shape index (κ2) is 5.44. The smallest absolute Gasteiger partial charge is 0.227 e. The average Bonchev–Trinajstić information content (AvgIpc) is 2.95. The summed E-state index contributed by atoms with van der Waals surface area (Å²) in [5, 5.41) is 8.60. The van der Waals surface area contributed by atoms with Crippen LogP contribution in [0.25, 0.3) is 0 Å². The number of nitrogens with one attached hydrogen (secondary N) is 1. The van der Waals surface area contributed by atoms with Crippen molar-refractivity contribution in [3.63, 3.8) is 0 Å². The highest BCUT2D eigenvalue weighted by molar-refractivity contribution is 7.98. The zero-order valence-corrected chi connectivity index (χ0v) is 14.7. The lowest BCUT2D eigenvalue weighted by Crippen LogP contribution is -2.36. The Morgan fingerprint density at radius 2 is 2.17 bits per heavy atom. The normalized spacial score (nSPS) is 22.0. The van der Waals surface area contributed by atoms with Crippen molar-refractivity contribution in [2.45, 2.75) is 37.9 Å². The maximum atomic E-state index is 12.9. The van der Waals surface area contributed by atoms with Crippen LogP contribution in [0.1, 0.15) is 38.4 Å². The molecular weight excluding hydrogens is 322 g/mol. The summed E-state index contributed by atoms with van der Waals surface area (Å²) >= 11 is 1.49. The maximum absolute atomic E-state index is 12.9. The van der Waals surface area contributed by atoms with E-state index < -0.39 is 0 Å². The first-order valence-corrected chi connectivity index (χ1v) is 9.16. The van der Waals surface area contributed by atoms with Gasteiger partial charge < -0.3 is 5.32 Å². The van der Waals surface area contributed by atoms with Crippen LogP contribution < -0.4 is 5.32 Å². The molecule has 0 fully saturated rings. The summed E-state index contributed by atoms with van der Waals surface area (Å²) < 4.78 is 1.79. The average molecular weight is 341 g/mol. The van der Waals surface area contributed by atoms with E-state index in [1.165, 1.54) is 11.8 Å². The van der Waals surface area contributed by atoms with Gasteiger partial charge >= 0.3 is 0 Å². The molecule has 6 nitrogen and oxygen atoms in total. The first-order valence-electron chi connectivity index (χ1n) is 7.93. The first-order chi connectivity index (χ1) is 11.5. The van der Waals surface area contributed by atoms with Crippen molar-refractivity contribution in [2.24, 2.45) is 5.41 Å². The molecule has 1 atom stereocenters. The number of nitrogens with zero attached hydrogens (tertiary/aromatic N) is 4. The highest BCUT2D eigenvalue weighted by Crippen LogP contribution is 2.45. The molecule has 0 radical (unpaired) electrons. The van der Waals surface area contributed by atoms with Crippen LogP contribution in [0.3, 0.4) is 0 Å². The van der Waals surface area contributed by atoms with E-state index in [-0.39, 0.29) is 17.2 Å². The number of Topliss-reactive ketones (excluding diaryl/α,β-unsaturated/α-hetero) is 1. The predicted octanol–water partition coefficient (Wildman–Crippen LogP) is 3.05. The lowest BCUT2D eigenvalue weighted by Gasteiger charge is -2.37. The van der Waals surface area contributed by atoms with Crippen molar-refractivity contribution in [2.75, 3.05) is 11.6 Å². The largest absolute Gasteiger partial charge is 0.328 e. The molecule has 2 aliphatic rings. The molecule has 0 amide bonds. The van der Waals surface area contributed by atoms with Crippen molar-refractivity contribution in [1.29, 1.82) is 0 Å².